The number of nitrogens with one attached hydrogen (secondary N) is 1. The lowest BCUT2D eigenvalue weighted by Gasteiger charge is -2.08. The van der Waals surface area contributed by atoms with Gasteiger partial charge in [-0.3, -0.25) is 0 Å². The number of aryl methyl sites for hydroxylation is 3. The van der Waals surface area contributed by atoms with Crippen LogP contribution >= 0.6 is 0 Å². The van der Waals surface area contributed by atoms with E-state index in [2.05, 4.69) is 9.71 Å². The fraction of sp³-hybridized carbons (Fsp3) is 0.235. The monoisotopic (exact) mass is 330 g/mol. The summed E-state index contributed by atoms with van der Waals surface area (Å²) in [7, 11) is -3.54. The zero-order valence-corrected chi connectivity index (χ0v) is 14.1. The first-order chi connectivity index (χ1) is 10.8. The van der Waals surface area contributed by atoms with E-state index in [0.29, 0.717) is 11.5 Å². The van der Waals surface area contributed by atoms with Crippen molar-refractivity contribution in [2.75, 3.05) is 0 Å². The molecule has 5 nitrogen and oxygen atoms in total. The first kappa shape index (κ1) is 15.7. The Labute approximate surface area is 135 Å². The lowest BCUT2D eigenvalue weighted by Crippen LogP contribution is -2.23. The number of aromatic nitrogens is 1. The molecule has 0 spiro atoms. The standard InChI is InChI=1S/C17H18N2O3S/c1-11-4-6-15(8-12(11)2)23(20,21)18-10-14-5-7-16-17(9-14)22-13(3)19-16/h4-9,18H,10H2,1-3H3. The third kappa shape index (κ3) is 3.28. The molecule has 6 heteroatoms. The molecule has 1 N–H and O–H groups in total. The summed E-state index contributed by atoms with van der Waals surface area (Å²) in [6.45, 7) is 5.83. The average Bonchev–Trinajstić information content (AvgIpc) is 2.87. The van der Waals surface area contributed by atoms with Crippen LogP contribution in [0.2, 0.25) is 0 Å². The molecule has 0 aliphatic rings. The molecule has 23 heavy (non-hydrogen) atoms. The Bertz CT molecular complexity index is 975. The second-order valence-electron chi connectivity index (χ2n) is 5.61. The molecule has 3 aromatic rings. The number of hydrogen-bond acceptors (Lipinski definition) is 4. The van der Waals surface area contributed by atoms with Gasteiger partial charge in [-0.25, -0.2) is 18.1 Å². The van der Waals surface area contributed by atoms with Crippen molar-refractivity contribution in [3.63, 3.8) is 0 Å². The minimum atomic E-state index is -3.54. The van der Waals surface area contributed by atoms with E-state index < -0.39 is 10.0 Å². The molecule has 0 aliphatic carbocycles. The lowest BCUT2D eigenvalue weighted by atomic mass is 10.1. The van der Waals surface area contributed by atoms with Crippen LogP contribution in [0.25, 0.3) is 11.1 Å². The van der Waals surface area contributed by atoms with E-state index >= 15 is 0 Å². The van der Waals surface area contributed by atoms with Gasteiger partial charge in [-0.05, 0) is 54.8 Å². The van der Waals surface area contributed by atoms with Crippen LogP contribution in [0.1, 0.15) is 22.6 Å². The van der Waals surface area contributed by atoms with Crippen LogP contribution in [-0.2, 0) is 16.6 Å². The highest BCUT2D eigenvalue weighted by molar-refractivity contribution is 7.89. The van der Waals surface area contributed by atoms with Gasteiger partial charge >= 0.3 is 0 Å². The minimum absolute atomic E-state index is 0.199. The van der Waals surface area contributed by atoms with Crippen LogP contribution in [0.15, 0.2) is 45.7 Å². The number of benzene rings is 2. The Morgan fingerprint density at radius 3 is 2.57 bits per heavy atom. The van der Waals surface area contributed by atoms with Crippen LogP contribution in [-0.4, -0.2) is 13.4 Å². The first-order valence-corrected chi connectivity index (χ1v) is 8.76. The highest BCUT2D eigenvalue weighted by atomic mass is 32.2. The third-order valence-corrected chi connectivity index (χ3v) is 5.21. The average molecular weight is 330 g/mol. The summed E-state index contributed by atoms with van der Waals surface area (Å²) in [4.78, 5) is 4.50. The molecule has 2 aromatic carbocycles. The molecule has 120 valence electrons. The molecule has 0 saturated heterocycles. The number of fused-ring (bicyclic) bond motifs is 1. The largest absolute Gasteiger partial charge is 0.441 e. The fourth-order valence-electron chi connectivity index (χ4n) is 2.34. The van der Waals surface area contributed by atoms with E-state index in [0.717, 1.165) is 22.2 Å². The topological polar surface area (TPSA) is 72.2 Å². The van der Waals surface area contributed by atoms with Gasteiger partial charge in [0.05, 0.1) is 4.90 Å². The maximum absolute atomic E-state index is 12.4. The maximum atomic E-state index is 12.4. The molecule has 0 atom stereocenters. The Hall–Kier alpha value is -2.18. The zero-order chi connectivity index (χ0) is 16.6. The summed E-state index contributed by atoms with van der Waals surface area (Å²) < 4.78 is 32.9. The van der Waals surface area contributed by atoms with Crippen molar-refractivity contribution in [1.82, 2.24) is 9.71 Å². The number of oxazole rings is 1. The zero-order valence-electron chi connectivity index (χ0n) is 13.3. The molecule has 0 fully saturated rings. The van der Waals surface area contributed by atoms with E-state index in [1.807, 2.05) is 32.0 Å². The molecule has 0 bridgehead atoms. The predicted octanol–water partition coefficient (Wildman–Crippen LogP) is 3.23. The van der Waals surface area contributed by atoms with Gasteiger partial charge in [0.15, 0.2) is 11.5 Å². The highest BCUT2D eigenvalue weighted by Gasteiger charge is 2.14. The second kappa shape index (κ2) is 5.79. The summed E-state index contributed by atoms with van der Waals surface area (Å²) >= 11 is 0. The van der Waals surface area contributed by atoms with Gasteiger partial charge in [0.25, 0.3) is 0 Å². The Kier molecular flexibility index (Phi) is 3.95. The SMILES string of the molecule is Cc1nc2ccc(CNS(=O)(=O)c3ccc(C)c(C)c3)cc2o1. The second-order valence-corrected chi connectivity index (χ2v) is 7.37. The highest BCUT2D eigenvalue weighted by Crippen LogP contribution is 2.18. The third-order valence-electron chi connectivity index (χ3n) is 3.81. The van der Waals surface area contributed by atoms with Crippen molar-refractivity contribution in [2.24, 2.45) is 0 Å². The minimum Gasteiger partial charge on any atom is -0.441 e. The molecule has 0 amide bonds. The van der Waals surface area contributed by atoms with E-state index in [-0.39, 0.29) is 11.4 Å². The summed E-state index contributed by atoms with van der Waals surface area (Å²) in [5.74, 6) is 0.591. The molecule has 0 saturated carbocycles. The molecule has 1 heterocycles. The smallest absolute Gasteiger partial charge is 0.240 e. The van der Waals surface area contributed by atoms with Gasteiger partial charge in [-0.1, -0.05) is 12.1 Å². The van der Waals surface area contributed by atoms with E-state index in [1.165, 1.54) is 0 Å². The Morgan fingerprint density at radius 1 is 1.04 bits per heavy atom. The van der Waals surface area contributed by atoms with Crippen LogP contribution in [0.4, 0.5) is 0 Å². The molecule has 0 aliphatic heterocycles. The lowest BCUT2D eigenvalue weighted by molar-refractivity contribution is 0.560. The summed E-state index contributed by atoms with van der Waals surface area (Å²) in [5.41, 5.74) is 4.26. The van der Waals surface area contributed by atoms with Crippen LogP contribution < -0.4 is 4.72 Å². The van der Waals surface area contributed by atoms with Crippen molar-refractivity contribution < 1.29 is 12.8 Å². The normalized spacial score (nSPS) is 12.0. The van der Waals surface area contributed by atoms with E-state index in [1.54, 1.807) is 25.1 Å². The molecular formula is C17H18N2O3S. The van der Waals surface area contributed by atoms with Gasteiger partial charge in [0.2, 0.25) is 10.0 Å². The molecule has 0 unspecified atom stereocenters. The number of sulfonamides is 1. The number of nitrogens with zero attached hydrogens (tertiary/aromatic N) is 1. The van der Waals surface area contributed by atoms with Crippen LogP contribution in [0, 0.1) is 20.8 Å². The van der Waals surface area contributed by atoms with Crippen molar-refractivity contribution >= 4 is 21.1 Å². The van der Waals surface area contributed by atoms with Crippen molar-refractivity contribution in [3.8, 4) is 0 Å². The van der Waals surface area contributed by atoms with Crippen molar-refractivity contribution in [1.29, 1.82) is 0 Å². The van der Waals surface area contributed by atoms with Gasteiger partial charge in [-0.15, -0.1) is 0 Å². The summed E-state index contributed by atoms with van der Waals surface area (Å²) in [6, 6.07) is 10.6. The van der Waals surface area contributed by atoms with E-state index in [4.69, 9.17) is 4.42 Å². The Balaban J connectivity index is 1.80. The molecule has 3 rings (SSSR count). The maximum Gasteiger partial charge on any atom is 0.240 e. The summed E-state index contributed by atoms with van der Waals surface area (Å²) in [5, 5.41) is 0. The predicted molar refractivity (Wildman–Crippen MR) is 88.7 cm³/mol. The van der Waals surface area contributed by atoms with Crippen LogP contribution in [0.5, 0.6) is 0 Å². The molecule has 1 aromatic heterocycles. The van der Waals surface area contributed by atoms with Crippen LogP contribution in [0.3, 0.4) is 0 Å². The van der Waals surface area contributed by atoms with Crippen molar-refractivity contribution in [2.45, 2.75) is 32.2 Å². The quantitative estimate of drug-likeness (QED) is 0.797. The number of hydrogen-bond donors (Lipinski definition) is 1. The van der Waals surface area contributed by atoms with Gasteiger partial charge in [-0.2, -0.15) is 0 Å². The van der Waals surface area contributed by atoms with Gasteiger partial charge < -0.3 is 4.42 Å². The van der Waals surface area contributed by atoms with Gasteiger partial charge in [0.1, 0.15) is 5.52 Å². The Morgan fingerprint density at radius 2 is 1.83 bits per heavy atom. The summed E-state index contributed by atoms with van der Waals surface area (Å²) in [6.07, 6.45) is 0. The molecular weight excluding hydrogens is 312 g/mol. The fourth-order valence-corrected chi connectivity index (χ4v) is 3.44. The van der Waals surface area contributed by atoms with Crippen molar-refractivity contribution in [3.05, 3.63) is 59.0 Å². The van der Waals surface area contributed by atoms with E-state index in [9.17, 15) is 8.42 Å². The number of rotatable bonds is 4. The van der Waals surface area contributed by atoms with Gasteiger partial charge in [0, 0.05) is 13.5 Å². The first-order valence-electron chi connectivity index (χ1n) is 7.28. The molecule has 0 radical (unpaired) electrons.